The average Bonchev–Trinajstić information content (AvgIpc) is 3.11. The van der Waals surface area contributed by atoms with Crippen molar-refractivity contribution in [2.24, 2.45) is 0 Å². The molecular formula is C37H45NO8P2. The fourth-order valence-electron chi connectivity index (χ4n) is 5.85. The third-order valence-corrected chi connectivity index (χ3v) is 10.3. The molecule has 9 nitrogen and oxygen atoms in total. The molecule has 0 saturated carbocycles. The van der Waals surface area contributed by atoms with Gasteiger partial charge in [-0.25, -0.2) is 9.13 Å². The summed E-state index contributed by atoms with van der Waals surface area (Å²) in [6.07, 6.45) is 4.23. The second-order valence-electron chi connectivity index (χ2n) is 11.8. The molecule has 1 unspecified atom stereocenters. The number of phosphoric ester groups is 2. The van der Waals surface area contributed by atoms with E-state index in [9.17, 15) is 14.0 Å². The van der Waals surface area contributed by atoms with Crippen molar-refractivity contribution in [3.8, 4) is 11.5 Å². The fourth-order valence-corrected chi connectivity index (χ4v) is 7.83. The lowest BCUT2D eigenvalue weighted by Crippen LogP contribution is -2.40. The molecule has 0 aliphatic heterocycles. The Morgan fingerprint density at radius 3 is 1.69 bits per heavy atom. The van der Waals surface area contributed by atoms with Crippen LogP contribution in [0.25, 0.3) is 0 Å². The van der Waals surface area contributed by atoms with E-state index in [2.05, 4.69) is 18.7 Å². The topological polar surface area (TPSA) is 104 Å². The molecule has 256 valence electrons. The van der Waals surface area contributed by atoms with Crippen molar-refractivity contribution in [2.75, 3.05) is 13.1 Å². The van der Waals surface area contributed by atoms with Crippen molar-refractivity contribution in [3.05, 3.63) is 131 Å². The van der Waals surface area contributed by atoms with Gasteiger partial charge >= 0.3 is 15.6 Å². The molecular weight excluding hydrogens is 648 g/mol. The van der Waals surface area contributed by atoms with Crippen molar-refractivity contribution in [1.29, 1.82) is 0 Å². The van der Waals surface area contributed by atoms with Gasteiger partial charge in [-0.1, -0.05) is 111 Å². The van der Waals surface area contributed by atoms with Crippen molar-refractivity contribution in [3.63, 3.8) is 0 Å². The summed E-state index contributed by atoms with van der Waals surface area (Å²) in [5, 5.41) is 0. The van der Waals surface area contributed by atoms with Gasteiger partial charge < -0.3 is 13.9 Å². The van der Waals surface area contributed by atoms with Gasteiger partial charge in [-0.3, -0.25) is 18.5 Å². The lowest BCUT2D eigenvalue weighted by molar-refractivity contribution is 0.141. The quantitative estimate of drug-likeness (QED) is 0.102. The van der Waals surface area contributed by atoms with E-state index in [4.69, 9.17) is 22.6 Å². The monoisotopic (exact) mass is 693 g/mol. The molecule has 0 amide bonds. The van der Waals surface area contributed by atoms with Crippen LogP contribution in [0.3, 0.4) is 0 Å². The number of benzene rings is 4. The highest BCUT2D eigenvalue weighted by atomic mass is 31.2. The van der Waals surface area contributed by atoms with Crippen molar-refractivity contribution < 1.29 is 36.6 Å². The zero-order chi connectivity index (χ0) is 33.8. The lowest BCUT2D eigenvalue weighted by Gasteiger charge is -2.36. The molecule has 11 heteroatoms. The third-order valence-electron chi connectivity index (χ3n) is 8.16. The molecule has 48 heavy (non-hydrogen) atoms. The van der Waals surface area contributed by atoms with Crippen LogP contribution in [0.4, 0.5) is 0 Å². The molecule has 1 aliphatic rings. The normalized spacial score (nSPS) is 15.9. The van der Waals surface area contributed by atoms with E-state index in [1.807, 2.05) is 84.9 Å². The zero-order valence-corrected chi connectivity index (χ0v) is 29.4. The molecule has 0 bridgehead atoms. The number of hydrogen-bond donors (Lipinski definition) is 1. The Hall–Kier alpha value is -3.26. The van der Waals surface area contributed by atoms with E-state index in [0.29, 0.717) is 23.6 Å². The first kappa shape index (κ1) is 36.0. The van der Waals surface area contributed by atoms with Crippen LogP contribution in [0.2, 0.25) is 0 Å². The minimum Gasteiger partial charge on any atom is -0.400 e. The molecule has 5 rings (SSSR count). The van der Waals surface area contributed by atoms with Crippen LogP contribution >= 0.6 is 15.6 Å². The number of nitrogens with zero attached hydrogens (tertiary/aromatic N) is 1. The summed E-state index contributed by atoms with van der Waals surface area (Å²) < 4.78 is 56.8. The van der Waals surface area contributed by atoms with Gasteiger partial charge in [-0.15, -0.1) is 0 Å². The minimum absolute atomic E-state index is 0.00854. The van der Waals surface area contributed by atoms with E-state index in [0.717, 1.165) is 55.5 Å². The minimum atomic E-state index is -4.66. The fraction of sp³-hybridized carbons (Fsp3) is 0.351. The Balaban J connectivity index is 1.46. The Morgan fingerprint density at radius 1 is 0.688 bits per heavy atom. The van der Waals surface area contributed by atoms with E-state index >= 15 is 0 Å². The molecule has 0 saturated heterocycles. The first-order valence-corrected chi connectivity index (χ1v) is 19.5. The van der Waals surface area contributed by atoms with Crippen LogP contribution in [0.5, 0.6) is 11.5 Å². The predicted molar refractivity (Wildman–Crippen MR) is 187 cm³/mol. The highest BCUT2D eigenvalue weighted by Gasteiger charge is 2.36. The first-order chi connectivity index (χ1) is 23.3. The number of rotatable bonds is 18. The van der Waals surface area contributed by atoms with Gasteiger partial charge in [0.25, 0.3) is 0 Å². The third kappa shape index (κ3) is 10.4. The molecule has 1 aliphatic carbocycles. The van der Waals surface area contributed by atoms with Crippen LogP contribution in [0.15, 0.2) is 103 Å². The average molecular weight is 694 g/mol. The SMILES string of the molecule is CCCN(CCC)[C@H]1CCc2c(ccc(OP(=O)(OCc3ccccc3)OCc3ccccc3)c2OP(=O)(O)OCc2ccccc2)C1. The Morgan fingerprint density at radius 2 is 1.19 bits per heavy atom. The van der Waals surface area contributed by atoms with E-state index in [-0.39, 0.29) is 31.3 Å². The van der Waals surface area contributed by atoms with Crippen LogP contribution in [0.1, 0.15) is 60.9 Å². The van der Waals surface area contributed by atoms with Gasteiger partial charge in [-0.2, -0.15) is 0 Å². The number of fused-ring (bicyclic) bond motifs is 1. The van der Waals surface area contributed by atoms with E-state index in [1.54, 1.807) is 18.2 Å². The standard InChI is InChI=1S/C37H45NO8P2/c1-3-24-38(25-4-2)34-21-22-35-33(26-34)20-23-36(37(35)46-47(39,40)42-27-30-14-8-5-9-15-30)45-48(41,43-28-31-16-10-6-11-17-31)44-29-32-18-12-7-13-19-32/h5-20,23,34H,3-4,21-22,24-29H2,1-2H3,(H,39,40)/t34-/m0/s1. The molecule has 2 atom stereocenters. The summed E-state index contributed by atoms with van der Waals surface area (Å²) in [4.78, 5) is 13.5. The largest absolute Gasteiger partial charge is 0.530 e. The van der Waals surface area contributed by atoms with E-state index < -0.39 is 15.6 Å². The highest BCUT2D eigenvalue weighted by molar-refractivity contribution is 7.49. The van der Waals surface area contributed by atoms with E-state index in [1.165, 1.54) is 0 Å². The van der Waals surface area contributed by atoms with Crippen LogP contribution in [0, 0.1) is 0 Å². The number of phosphoric acid groups is 2. The van der Waals surface area contributed by atoms with Crippen molar-refractivity contribution >= 4 is 15.6 Å². The van der Waals surface area contributed by atoms with Crippen molar-refractivity contribution in [2.45, 2.75) is 71.8 Å². The summed E-state index contributed by atoms with van der Waals surface area (Å²) in [5.41, 5.74) is 3.95. The Bertz CT molecular complexity index is 1620. The predicted octanol–water partition coefficient (Wildman–Crippen LogP) is 9.28. The summed E-state index contributed by atoms with van der Waals surface area (Å²) in [6.45, 7) is 6.14. The maximum Gasteiger partial charge on any atom is 0.530 e. The van der Waals surface area contributed by atoms with Gasteiger partial charge in [0.1, 0.15) is 0 Å². The molecule has 0 fully saturated rings. The van der Waals surface area contributed by atoms with Gasteiger partial charge in [-0.05, 0) is 73.5 Å². The maximum atomic E-state index is 14.3. The lowest BCUT2D eigenvalue weighted by atomic mass is 9.86. The van der Waals surface area contributed by atoms with Gasteiger partial charge in [0.15, 0.2) is 11.5 Å². The highest BCUT2D eigenvalue weighted by Crippen LogP contribution is 2.57. The molecule has 4 aromatic carbocycles. The van der Waals surface area contributed by atoms with Crippen LogP contribution in [-0.2, 0) is 55.4 Å². The van der Waals surface area contributed by atoms with Gasteiger partial charge in [0.2, 0.25) is 0 Å². The molecule has 0 aromatic heterocycles. The smallest absolute Gasteiger partial charge is 0.400 e. The second kappa shape index (κ2) is 17.4. The summed E-state index contributed by atoms with van der Waals surface area (Å²) in [6, 6.07) is 31.5. The first-order valence-electron chi connectivity index (χ1n) is 16.5. The van der Waals surface area contributed by atoms with Gasteiger partial charge in [0.05, 0.1) is 19.8 Å². The van der Waals surface area contributed by atoms with Crippen LogP contribution < -0.4 is 9.05 Å². The Labute approximate surface area is 284 Å². The molecule has 0 spiro atoms. The molecule has 0 heterocycles. The second-order valence-corrected chi connectivity index (χ2v) is 14.8. The number of hydrogen-bond acceptors (Lipinski definition) is 8. The van der Waals surface area contributed by atoms with Crippen molar-refractivity contribution in [1.82, 2.24) is 4.90 Å². The molecule has 4 aromatic rings. The summed E-state index contributed by atoms with van der Waals surface area (Å²) in [5.74, 6) is -0.0116. The Kier molecular flexibility index (Phi) is 13.1. The molecule has 0 radical (unpaired) electrons. The zero-order valence-electron chi connectivity index (χ0n) is 27.6. The maximum absolute atomic E-state index is 14.3. The van der Waals surface area contributed by atoms with Crippen LogP contribution in [-0.4, -0.2) is 28.9 Å². The molecule has 1 N–H and O–H groups in total. The summed E-state index contributed by atoms with van der Waals surface area (Å²) >= 11 is 0. The summed E-state index contributed by atoms with van der Waals surface area (Å²) in [7, 11) is -8.97. The van der Waals surface area contributed by atoms with Gasteiger partial charge in [0, 0.05) is 11.6 Å².